The lowest BCUT2D eigenvalue weighted by molar-refractivity contribution is -0.149. The number of para-hydroxylation sites is 1. The summed E-state index contributed by atoms with van der Waals surface area (Å²) in [6.45, 7) is 0. The number of ketones is 1. The molecule has 1 spiro atoms. The summed E-state index contributed by atoms with van der Waals surface area (Å²) in [6.07, 6.45) is 11.8. The van der Waals surface area contributed by atoms with Gasteiger partial charge in [0, 0.05) is 35.7 Å². The van der Waals surface area contributed by atoms with Crippen molar-refractivity contribution in [2.45, 2.75) is 95.5 Å². The van der Waals surface area contributed by atoms with Gasteiger partial charge in [0.1, 0.15) is 18.3 Å². The maximum atomic E-state index is 14.4. The maximum Gasteiger partial charge on any atom is 0.318 e. The van der Waals surface area contributed by atoms with E-state index in [1.54, 1.807) is 19.2 Å². The molecule has 1 aliphatic heterocycles. The molecular formula is C46H49NO7. The number of H-pyrrole nitrogens is 1. The van der Waals surface area contributed by atoms with Crippen LogP contribution >= 0.6 is 0 Å². The quantitative estimate of drug-likeness (QED) is 0.139. The molecule has 1 aromatic heterocycles. The number of hydrogen-bond acceptors (Lipinski definition) is 7. The smallest absolute Gasteiger partial charge is 0.318 e. The van der Waals surface area contributed by atoms with Gasteiger partial charge in [0.15, 0.2) is 23.0 Å². The van der Waals surface area contributed by atoms with Gasteiger partial charge in [0.2, 0.25) is 0 Å². The predicted octanol–water partition coefficient (Wildman–Crippen LogP) is 8.95. The Morgan fingerprint density at radius 3 is 2.50 bits per heavy atom. The Morgan fingerprint density at radius 1 is 0.907 bits per heavy atom. The number of hydrogen-bond donors (Lipinski definition) is 3. The van der Waals surface area contributed by atoms with Crippen LogP contribution in [0.5, 0.6) is 23.0 Å². The van der Waals surface area contributed by atoms with Gasteiger partial charge < -0.3 is 29.4 Å². The molecule has 8 nitrogen and oxygen atoms in total. The van der Waals surface area contributed by atoms with Crippen molar-refractivity contribution in [2.75, 3.05) is 14.2 Å². The molecule has 2 heterocycles. The van der Waals surface area contributed by atoms with Crippen molar-refractivity contribution >= 4 is 28.2 Å². The standard InChI is InChI=1S/C46H49NO7/c1-52-42-21-28(14-16-40(42)49)13-15-31-23-30(48)24-35-32-17-20-46(18-7-8-19-46)27-29(32)22-38(36-25-41(50)43(53-2)26-37(35)36)45-34(10-4-6-12-44(51)54-31)33-9-3-5-11-39(33)47-45/h3,5,9,11,14,16,21-22,25-26,29,31-32,35,47,49-50H,7-8,10,12-13,15,17-20,23-24,27H2,1-2H3. The lowest BCUT2D eigenvalue weighted by Gasteiger charge is -2.44. The molecule has 3 aliphatic carbocycles. The number of benzene rings is 3. The highest BCUT2D eigenvalue weighted by Crippen LogP contribution is 2.58. The molecular weight excluding hydrogens is 679 g/mol. The summed E-state index contributed by atoms with van der Waals surface area (Å²) in [4.78, 5) is 31.5. The highest BCUT2D eigenvalue weighted by atomic mass is 16.5. The van der Waals surface area contributed by atoms with Gasteiger partial charge in [-0.1, -0.05) is 55.0 Å². The molecule has 8 heteroatoms. The number of phenolic OH excluding ortho intramolecular Hbond substituents is 2. The second kappa shape index (κ2) is 14.9. The number of phenols is 2. The molecule has 2 bridgehead atoms. The van der Waals surface area contributed by atoms with Crippen LogP contribution < -0.4 is 9.47 Å². The molecule has 54 heavy (non-hydrogen) atoms. The number of rotatable bonds is 5. The van der Waals surface area contributed by atoms with Gasteiger partial charge in [-0.2, -0.15) is 0 Å². The summed E-state index contributed by atoms with van der Waals surface area (Å²) in [5.74, 6) is 7.12. The molecule has 2 saturated carbocycles. The van der Waals surface area contributed by atoms with Crippen LogP contribution in [0.15, 0.2) is 60.7 Å². The van der Waals surface area contributed by atoms with Crippen LogP contribution in [-0.2, 0) is 27.2 Å². The number of aromatic amines is 1. The van der Waals surface area contributed by atoms with Crippen LogP contribution in [0, 0.1) is 29.1 Å². The number of carbonyl (C=O) groups is 2. The summed E-state index contributed by atoms with van der Waals surface area (Å²) >= 11 is 0. The number of esters is 1. The van der Waals surface area contributed by atoms with Crippen molar-refractivity contribution in [2.24, 2.45) is 17.3 Å². The van der Waals surface area contributed by atoms with E-state index < -0.39 is 12.1 Å². The number of Topliss-reactive ketones (excluding diaryl/α,β-unsaturated/α-hetero) is 1. The molecule has 280 valence electrons. The number of aromatic nitrogens is 1. The highest BCUT2D eigenvalue weighted by Gasteiger charge is 2.46. The minimum absolute atomic E-state index is 0.0342. The van der Waals surface area contributed by atoms with Crippen LogP contribution in [0.3, 0.4) is 0 Å². The van der Waals surface area contributed by atoms with Crippen molar-refractivity contribution in [3.05, 3.63) is 88.6 Å². The summed E-state index contributed by atoms with van der Waals surface area (Å²) in [5.41, 5.74) is 7.19. The minimum Gasteiger partial charge on any atom is -0.504 e. The fourth-order valence-corrected chi connectivity index (χ4v) is 10.1. The molecule has 0 saturated heterocycles. The predicted molar refractivity (Wildman–Crippen MR) is 208 cm³/mol. The molecule has 4 aromatic rings. The van der Waals surface area contributed by atoms with Crippen LogP contribution in [0.2, 0.25) is 0 Å². The number of aryl methyl sites for hydroxylation is 1. The van der Waals surface area contributed by atoms with Gasteiger partial charge in [-0.3, -0.25) is 9.59 Å². The van der Waals surface area contributed by atoms with E-state index in [0.717, 1.165) is 63.7 Å². The fourth-order valence-electron chi connectivity index (χ4n) is 10.1. The van der Waals surface area contributed by atoms with E-state index in [2.05, 4.69) is 35.0 Å². The number of ether oxygens (including phenoxy) is 3. The number of allylic oxidation sites excluding steroid dienone is 1. The first kappa shape index (κ1) is 35.8. The lowest BCUT2D eigenvalue weighted by Crippen LogP contribution is -2.34. The largest absolute Gasteiger partial charge is 0.504 e. The van der Waals surface area contributed by atoms with Crippen LogP contribution in [0.4, 0.5) is 0 Å². The number of aromatic hydroxyl groups is 2. The van der Waals surface area contributed by atoms with E-state index in [0.29, 0.717) is 36.2 Å². The molecule has 4 aliphatic rings. The Hall–Kier alpha value is -5.16. The second-order valence-electron chi connectivity index (χ2n) is 15.9. The summed E-state index contributed by atoms with van der Waals surface area (Å²) in [5, 5.41) is 22.5. The summed E-state index contributed by atoms with van der Waals surface area (Å²) in [6, 6.07) is 17.2. The third-order valence-corrected chi connectivity index (χ3v) is 12.7. The van der Waals surface area contributed by atoms with E-state index in [9.17, 15) is 19.8 Å². The molecule has 3 aromatic carbocycles. The Bertz CT molecular complexity index is 2180. The van der Waals surface area contributed by atoms with E-state index in [1.807, 2.05) is 30.3 Å². The van der Waals surface area contributed by atoms with Crippen molar-refractivity contribution in [3.8, 4) is 34.8 Å². The van der Waals surface area contributed by atoms with E-state index in [1.165, 1.54) is 32.8 Å². The first-order valence-electron chi connectivity index (χ1n) is 19.5. The molecule has 4 unspecified atom stereocenters. The third-order valence-electron chi connectivity index (χ3n) is 12.7. The van der Waals surface area contributed by atoms with E-state index in [-0.39, 0.29) is 54.3 Å². The van der Waals surface area contributed by atoms with Gasteiger partial charge >= 0.3 is 5.97 Å². The zero-order chi connectivity index (χ0) is 37.4. The van der Waals surface area contributed by atoms with Gasteiger partial charge in [-0.25, -0.2) is 0 Å². The lowest BCUT2D eigenvalue weighted by atomic mass is 9.60. The average molecular weight is 728 g/mol. The Kier molecular flexibility index (Phi) is 9.91. The van der Waals surface area contributed by atoms with Crippen molar-refractivity contribution in [1.29, 1.82) is 0 Å². The Balaban J connectivity index is 1.25. The second-order valence-corrected chi connectivity index (χ2v) is 15.9. The number of fused-ring (bicyclic) bond motifs is 6. The van der Waals surface area contributed by atoms with Gasteiger partial charge in [-0.05, 0) is 121 Å². The van der Waals surface area contributed by atoms with Gasteiger partial charge in [-0.15, -0.1) is 0 Å². The normalized spacial score (nSPS) is 23.7. The van der Waals surface area contributed by atoms with Crippen molar-refractivity contribution in [1.82, 2.24) is 4.98 Å². The van der Waals surface area contributed by atoms with E-state index in [4.69, 9.17) is 14.2 Å². The Labute approximate surface area is 316 Å². The monoisotopic (exact) mass is 727 g/mol. The Morgan fingerprint density at radius 2 is 1.69 bits per heavy atom. The minimum atomic E-state index is -0.642. The molecule has 0 amide bonds. The van der Waals surface area contributed by atoms with Crippen LogP contribution in [-0.4, -0.2) is 47.3 Å². The van der Waals surface area contributed by atoms with Gasteiger partial charge in [0.05, 0.1) is 19.9 Å². The first-order chi connectivity index (χ1) is 26.2. The van der Waals surface area contributed by atoms with Crippen LogP contribution in [0.1, 0.15) is 104 Å². The molecule has 0 radical (unpaired) electrons. The molecule has 2 fully saturated rings. The maximum absolute atomic E-state index is 14.4. The average Bonchev–Trinajstić information content (AvgIpc) is 3.75. The number of methoxy groups -OCH3 is 2. The van der Waals surface area contributed by atoms with Gasteiger partial charge in [0.25, 0.3) is 0 Å². The highest BCUT2D eigenvalue weighted by molar-refractivity contribution is 5.94. The van der Waals surface area contributed by atoms with Crippen molar-refractivity contribution in [3.63, 3.8) is 0 Å². The SMILES string of the molecule is COc1cc(CCC2CC(=O)CC3c4cc(OC)c(O)cc4C(=CC4CC5(CCCC5)CCC43)c3[nH]c4ccccc4c3CC#CCC(=O)O2)ccc1O. The van der Waals surface area contributed by atoms with Crippen LogP contribution in [0.25, 0.3) is 16.5 Å². The fraction of sp³-hybridized carbons (Fsp3) is 0.435. The van der Waals surface area contributed by atoms with E-state index >= 15 is 0 Å². The number of cyclic esters (lactones) is 1. The third kappa shape index (κ3) is 6.97. The topological polar surface area (TPSA) is 118 Å². The summed E-state index contributed by atoms with van der Waals surface area (Å²) < 4.78 is 17.1. The zero-order valence-electron chi connectivity index (χ0n) is 31.2. The number of nitrogens with one attached hydrogen (secondary N) is 1. The summed E-state index contributed by atoms with van der Waals surface area (Å²) in [7, 11) is 3.07. The molecule has 8 rings (SSSR count). The number of carbonyl (C=O) groups excluding carboxylic acids is 2. The first-order valence-corrected chi connectivity index (χ1v) is 19.5. The molecule has 4 atom stereocenters. The molecule has 3 N–H and O–H groups in total. The zero-order valence-corrected chi connectivity index (χ0v) is 31.2. The van der Waals surface area contributed by atoms with Crippen molar-refractivity contribution < 1.29 is 34.0 Å².